The Morgan fingerprint density at radius 3 is 2.37 bits per heavy atom. The molecule has 0 fully saturated rings. The van der Waals surface area contributed by atoms with Crippen LogP contribution in [0.1, 0.15) is 31.9 Å². The van der Waals surface area contributed by atoms with E-state index in [1.54, 1.807) is 45.2 Å². The number of rotatable bonds is 5. The Labute approximate surface area is 118 Å². The molecule has 0 heterocycles. The van der Waals surface area contributed by atoms with Gasteiger partial charge in [0, 0.05) is 18.6 Å². The van der Waals surface area contributed by atoms with E-state index >= 15 is 0 Å². The van der Waals surface area contributed by atoms with Crippen LogP contribution in [0.2, 0.25) is 5.02 Å². The first kappa shape index (κ1) is 16.0. The third-order valence-electron chi connectivity index (χ3n) is 2.67. The summed E-state index contributed by atoms with van der Waals surface area (Å²) in [4.78, 5) is 13.3. The van der Waals surface area contributed by atoms with Crippen LogP contribution in [0.4, 0.5) is 0 Å². The summed E-state index contributed by atoms with van der Waals surface area (Å²) >= 11 is 5.76. The van der Waals surface area contributed by atoms with Crippen molar-refractivity contribution in [2.75, 3.05) is 13.6 Å². The molecule has 1 amide bonds. The summed E-state index contributed by atoms with van der Waals surface area (Å²) in [7, 11) is 1.61. The number of nitrogens with zero attached hydrogens (tertiary/aromatic N) is 1. The van der Waals surface area contributed by atoms with Crippen LogP contribution in [0, 0.1) is 0 Å². The van der Waals surface area contributed by atoms with Gasteiger partial charge in [0.15, 0.2) is 0 Å². The largest absolute Gasteiger partial charge is 0.389 e. The summed E-state index contributed by atoms with van der Waals surface area (Å²) in [6.45, 7) is 3.48. The zero-order chi connectivity index (χ0) is 14.6. The predicted octanol–water partition coefficient (Wildman–Crippen LogP) is 1.99. The van der Waals surface area contributed by atoms with Crippen molar-refractivity contribution in [3.05, 3.63) is 34.9 Å². The Balaban J connectivity index is 2.59. The molecule has 0 spiro atoms. The Kier molecular flexibility index (Phi) is 5.35. The maximum atomic E-state index is 11.9. The second-order valence-corrected chi connectivity index (χ2v) is 5.77. The van der Waals surface area contributed by atoms with Crippen LogP contribution in [0.5, 0.6) is 0 Å². The van der Waals surface area contributed by atoms with E-state index in [0.29, 0.717) is 10.6 Å². The van der Waals surface area contributed by atoms with Gasteiger partial charge in [-0.05, 0) is 31.5 Å². The zero-order valence-corrected chi connectivity index (χ0v) is 12.2. The molecule has 1 atom stereocenters. The molecule has 0 saturated heterocycles. The monoisotopic (exact) mass is 285 g/mol. The zero-order valence-electron chi connectivity index (χ0n) is 11.4. The highest BCUT2D eigenvalue weighted by molar-refractivity contribution is 6.30. The molecule has 4 nitrogen and oxygen atoms in total. The van der Waals surface area contributed by atoms with Crippen molar-refractivity contribution in [2.45, 2.75) is 32.0 Å². The fraction of sp³-hybridized carbons (Fsp3) is 0.500. The van der Waals surface area contributed by atoms with Gasteiger partial charge in [0.2, 0.25) is 5.91 Å². The van der Waals surface area contributed by atoms with Crippen molar-refractivity contribution in [2.24, 2.45) is 0 Å². The lowest BCUT2D eigenvalue weighted by Crippen LogP contribution is -2.40. The van der Waals surface area contributed by atoms with Crippen LogP contribution in [-0.4, -0.2) is 40.2 Å². The molecule has 1 rings (SSSR count). The van der Waals surface area contributed by atoms with Crippen molar-refractivity contribution in [1.29, 1.82) is 0 Å². The van der Waals surface area contributed by atoms with Gasteiger partial charge in [0.25, 0.3) is 0 Å². The number of carbonyl (C=O) groups is 1. The van der Waals surface area contributed by atoms with Crippen molar-refractivity contribution < 1.29 is 15.0 Å². The fourth-order valence-corrected chi connectivity index (χ4v) is 1.92. The number of hydrogen-bond acceptors (Lipinski definition) is 3. The van der Waals surface area contributed by atoms with Crippen LogP contribution in [0.3, 0.4) is 0 Å². The van der Waals surface area contributed by atoms with Gasteiger partial charge in [0.1, 0.15) is 0 Å². The van der Waals surface area contributed by atoms with Gasteiger partial charge in [-0.15, -0.1) is 0 Å². The molecule has 1 aromatic carbocycles. The molecule has 0 aliphatic heterocycles. The Morgan fingerprint density at radius 2 is 1.89 bits per heavy atom. The van der Waals surface area contributed by atoms with Gasteiger partial charge in [-0.3, -0.25) is 4.79 Å². The number of aliphatic hydroxyl groups is 2. The number of aliphatic hydroxyl groups excluding tert-OH is 1. The van der Waals surface area contributed by atoms with E-state index in [4.69, 9.17) is 11.6 Å². The number of likely N-dealkylation sites (N-methyl/N-ethyl adjacent to an activating group) is 1. The average molecular weight is 286 g/mol. The van der Waals surface area contributed by atoms with Crippen molar-refractivity contribution >= 4 is 17.5 Å². The van der Waals surface area contributed by atoms with Crippen LogP contribution >= 0.6 is 11.6 Å². The van der Waals surface area contributed by atoms with E-state index in [0.717, 1.165) is 0 Å². The molecule has 106 valence electrons. The smallest absolute Gasteiger partial charge is 0.225 e. The van der Waals surface area contributed by atoms with Gasteiger partial charge in [-0.25, -0.2) is 0 Å². The number of carbonyl (C=O) groups excluding carboxylic acids is 1. The van der Waals surface area contributed by atoms with Gasteiger partial charge in [-0.1, -0.05) is 23.7 Å². The molecule has 0 saturated carbocycles. The standard InChI is InChI=1S/C14H20ClNO3/c1-14(2,19)9-16(3)13(18)8-12(17)10-4-6-11(15)7-5-10/h4-7,12,17,19H,8-9H2,1-3H3. The molecule has 1 unspecified atom stereocenters. The van der Waals surface area contributed by atoms with Crippen molar-refractivity contribution in [3.63, 3.8) is 0 Å². The first-order valence-corrected chi connectivity index (χ1v) is 6.47. The van der Waals surface area contributed by atoms with E-state index in [9.17, 15) is 15.0 Å². The number of halogens is 1. The normalized spacial score (nSPS) is 13.2. The minimum atomic E-state index is -0.949. The van der Waals surface area contributed by atoms with Gasteiger partial charge < -0.3 is 15.1 Å². The van der Waals surface area contributed by atoms with Crippen molar-refractivity contribution in [3.8, 4) is 0 Å². The molecular formula is C14H20ClNO3. The molecule has 1 aromatic rings. The third-order valence-corrected chi connectivity index (χ3v) is 2.92. The summed E-state index contributed by atoms with van der Waals surface area (Å²) in [5.74, 6) is -0.218. The average Bonchev–Trinajstić information content (AvgIpc) is 2.27. The lowest BCUT2D eigenvalue weighted by atomic mass is 10.1. The lowest BCUT2D eigenvalue weighted by molar-refractivity contribution is -0.134. The number of hydrogen-bond donors (Lipinski definition) is 2. The Hall–Kier alpha value is -1.10. The highest BCUT2D eigenvalue weighted by Crippen LogP contribution is 2.20. The van der Waals surface area contributed by atoms with E-state index < -0.39 is 11.7 Å². The third kappa shape index (κ3) is 5.59. The maximum absolute atomic E-state index is 11.9. The first-order valence-electron chi connectivity index (χ1n) is 6.09. The van der Waals surface area contributed by atoms with E-state index in [-0.39, 0.29) is 18.9 Å². The summed E-state index contributed by atoms with van der Waals surface area (Å²) in [6, 6.07) is 6.72. The van der Waals surface area contributed by atoms with E-state index in [2.05, 4.69) is 0 Å². The summed E-state index contributed by atoms with van der Waals surface area (Å²) in [5.41, 5.74) is -0.301. The Morgan fingerprint density at radius 1 is 1.37 bits per heavy atom. The van der Waals surface area contributed by atoms with E-state index in [1.807, 2.05) is 0 Å². The molecule has 19 heavy (non-hydrogen) atoms. The minimum absolute atomic E-state index is 0.0196. The van der Waals surface area contributed by atoms with Crippen LogP contribution in [-0.2, 0) is 4.79 Å². The van der Waals surface area contributed by atoms with Gasteiger partial charge in [-0.2, -0.15) is 0 Å². The van der Waals surface area contributed by atoms with Crippen LogP contribution < -0.4 is 0 Å². The second kappa shape index (κ2) is 6.37. The minimum Gasteiger partial charge on any atom is -0.389 e. The maximum Gasteiger partial charge on any atom is 0.225 e. The molecule has 0 aliphatic carbocycles. The summed E-state index contributed by atoms with van der Waals surface area (Å²) in [6.07, 6.45) is -0.886. The van der Waals surface area contributed by atoms with Gasteiger partial charge >= 0.3 is 0 Å². The molecule has 0 aliphatic rings. The molecule has 2 N–H and O–H groups in total. The van der Waals surface area contributed by atoms with E-state index in [1.165, 1.54) is 4.90 Å². The molecule has 0 bridgehead atoms. The lowest BCUT2D eigenvalue weighted by Gasteiger charge is -2.26. The summed E-state index contributed by atoms with van der Waals surface area (Å²) < 4.78 is 0. The SMILES string of the molecule is CN(CC(C)(C)O)C(=O)CC(O)c1ccc(Cl)cc1. The fourth-order valence-electron chi connectivity index (χ4n) is 1.79. The molecule has 0 aromatic heterocycles. The summed E-state index contributed by atoms with van der Waals surface area (Å²) in [5, 5.41) is 20.2. The predicted molar refractivity (Wildman–Crippen MR) is 75.0 cm³/mol. The quantitative estimate of drug-likeness (QED) is 0.870. The molecular weight excluding hydrogens is 266 g/mol. The Bertz CT molecular complexity index is 425. The van der Waals surface area contributed by atoms with Crippen LogP contribution in [0.25, 0.3) is 0 Å². The number of benzene rings is 1. The molecule has 5 heteroatoms. The second-order valence-electron chi connectivity index (χ2n) is 5.33. The topological polar surface area (TPSA) is 60.8 Å². The molecule has 0 radical (unpaired) electrons. The van der Waals surface area contributed by atoms with Gasteiger partial charge in [0.05, 0.1) is 18.1 Å². The van der Waals surface area contributed by atoms with Crippen LogP contribution in [0.15, 0.2) is 24.3 Å². The number of amides is 1. The highest BCUT2D eigenvalue weighted by atomic mass is 35.5. The highest BCUT2D eigenvalue weighted by Gasteiger charge is 2.21. The van der Waals surface area contributed by atoms with Crippen molar-refractivity contribution in [1.82, 2.24) is 4.90 Å². The first-order chi connectivity index (χ1) is 8.69.